The molecule has 6 heteroatoms. The Bertz CT molecular complexity index is 747. The zero-order valence-electron chi connectivity index (χ0n) is 12.3. The summed E-state index contributed by atoms with van der Waals surface area (Å²) in [6.45, 7) is 3.98. The first kappa shape index (κ1) is 14.2. The number of hydrogen-bond donors (Lipinski definition) is 1. The number of carbonyl (C=O) groups excluding carboxylic acids is 2. The van der Waals surface area contributed by atoms with Crippen LogP contribution in [0.15, 0.2) is 28.7 Å². The summed E-state index contributed by atoms with van der Waals surface area (Å²) in [6, 6.07) is 6.48. The minimum Gasteiger partial charge on any atom is -0.486 e. The Morgan fingerprint density at radius 3 is 2.36 bits per heavy atom. The fraction of sp³-hybridized carbons (Fsp3) is 0.250. The highest BCUT2D eigenvalue weighted by atomic mass is 16.6. The van der Waals surface area contributed by atoms with Gasteiger partial charge in [0.15, 0.2) is 17.3 Å². The van der Waals surface area contributed by atoms with Gasteiger partial charge < -0.3 is 19.2 Å². The van der Waals surface area contributed by atoms with E-state index in [1.807, 2.05) is 0 Å². The zero-order chi connectivity index (χ0) is 15.7. The van der Waals surface area contributed by atoms with E-state index in [1.54, 1.807) is 31.2 Å². The van der Waals surface area contributed by atoms with Crippen LogP contribution in [-0.4, -0.2) is 24.9 Å². The van der Waals surface area contributed by atoms with Crippen molar-refractivity contribution in [3.63, 3.8) is 0 Å². The topological polar surface area (TPSA) is 77.8 Å². The van der Waals surface area contributed by atoms with Gasteiger partial charge in [-0.3, -0.25) is 9.59 Å². The van der Waals surface area contributed by atoms with Gasteiger partial charge in [-0.05, 0) is 25.1 Å². The molecule has 6 nitrogen and oxygen atoms in total. The molecule has 0 radical (unpaired) electrons. The van der Waals surface area contributed by atoms with Crippen LogP contribution in [0.4, 0.5) is 5.69 Å². The van der Waals surface area contributed by atoms with Gasteiger partial charge in [-0.15, -0.1) is 0 Å². The number of carbonyl (C=O) groups is 2. The number of fused-ring (bicyclic) bond motifs is 1. The average molecular weight is 301 g/mol. The van der Waals surface area contributed by atoms with Crippen LogP contribution in [0.25, 0.3) is 0 Å². The first-order valence-corrected chi connectivity index (χ1v) is 6.87. The Balaban J connectivity index is 2.07. The molecule has 1 aromatic heterocycles. The number of benzene rings is 1. The third kappa shape index (κ3) is 2.67. The van der Waals surface area contributed by atoms with E-state index < -0.39 is 0 Å². The second kappa shape index (κ2) is 5.55. The minimum absolute atomic E-state index is 0.209. The van der Waals surface area contributed by atoms with Gasteiger partial charge in [0, 0.05) is 13.0 Å². The monoisotopic (exact) mass is 301 g/mol. The Kier molecular flexibility index (Phi) is 3.58. The van der Waals surface area contributed by atoms with Crippen LogP contribution in [0.1, 0.15) is 28.8 Å². The van der Waals surface area contributed by atoms with E-state index in [1.165, 1.54) is 6.92 Å². The van der Waals surface area contributed by atoms with Gasteiger partial charge in [0.25, 0.3) is 0 Å². The maximum atomic E-state index is 12.6. The summed E-state index contributed by atoms with van der Waals surface area (Å²) in [5.41, 5.74) is 0.671. The Hall–Kier alpha value is -2.76. The van der Waals surface area contributed by atoms with Crippen LogP contribution in [-0.2, 0) is 4.79 Å². The standard InChI is InChI=1S/C16H15NO5/c1-9-3-4-13(22-9)16(19)11-7-14-15(21-6-5-20-14)8-12(11)17-10(2)18/h3-4,7-8H,5-6H2,1-2H3,(H,17,18). The first-order valence-electron chi connectivity index (χ1n) is 6.87. The molecule has 1 aromatic carbocycles. The van der Waals surface area contributed by atoms with E-state index >= 15 is 0 Å². The van der Waals surface area contributed by atoms with Crippen LogP contribution in [0.2, 0.25) is 0 Å². The van der Waals surface area contributed by atoms with Crippen molar-refractivity contribution in [2.24, 2.45) is 0 Å². The molecule has 0 saturated heterocycles. The quantitative estimate of drug-likeness (QED) is 0.881. The molecule has 0 unspecified atom stereocenters. The van der Waals surface area contributed by atoms with Gasteiger partial charge in [-0.1, -0.05) is 0 Å². The highest BCUT2D eigenvalue weighted by Gasteiger charge is 2.23. The number of nitrogens with one attached hydrogen (secondary N) is 1. The summed E-state index contributed by atoms with van der Waals surface area (Å²) in [5, 5.41) is 2.64. The van der Waals surface area contributed by atoms with Crippen molar-refractivity contribution in [1.82, 2.24) is 0 Å². The number of furan rings is 1. The molecule has 1 N–H and O–H groups in total. The molecule has 0 saturated carbocycles. The van der Waals surface area contributed by atoms with Gasteiger partial charge in [-0.2, -0.15) is 0 Å². The lowest BCUT2D eigenvalue weighted by Gasteiger charge is -2.20. The molecule has 114 valence electrons. The van der Waals surface area contributed by atoms with Gasteiger partial charge in [0.05, 0.1) is 11.3 Å². The van der Waals surface area contributed by atoms with Crippen LogP contribution in [0, 0.1) is 6.92 Å². The number of rotatable bonds is 3. The molecule has 1 aliphatic rings. The fourth-order valence-corrected chi connectivity index (χ4v) is 2.26. The van der Waals surface area contributed by atoms with Crippen LogP contribution < -0.4 is 14.8 Å². The third-order valence-corrected chi connectivity index (χ3v) is 3.20. The SMILES string of the molecule is CC(=O)Nc1cc2c(cc1C(=O)c1ccc(C)o1)OCCO2. The number of ether oxygens (including phenoxy) is 2. The lowest BCUT2D eigenvalue weighted by Crippen LogP contribution is -2.18. The normalized spacial score (nSPS) is 12.8. The first-order chi connectivity index (χ1) is 10.5. The molecule has 3 rings (SSSR count). The second-order valence-corrected chi connectivity index (χ2v) is 4.96. The molecule has 0 spiro atoms. The Morgan fingerprint density at radius 2 is 1.77 bits per heavy atom. The number of aryl methyl sites for hydroxylation is 1. The predicted octanol–water partition coefficient (Wildman–Crippen LogP) is 2.55. The van der Waals surface area contributed by atoms with Crippen molar-refractivity contribution >= 4 is 17.4 Å². The number of anilines is 1. The molecule has 0 aliphatic carbocycles. The van der Waals surface area contributed by atoms with Crippen LogP contribution in [0.3, 0.4) is 0 Å². The largest absolute Gasteiger partial charge is 0.486 e. The average Bonchev–Trinajstić information content (AvgIpc) is 2.92. The van der Waals surface area contributed by atoms with Crippen LogP contribution in [0.5, 0.6) is 11.5 Å². The number of amides is 1. The van der Waals surface area contributed by atoms with Crippen LogP contribution >= 0.6 is 0 Å². The molecular weight excluding hydrogens is 286 g/mol. The number of hydrogen-bond acceptors (Lipinski definition) is 5. The maximum Gasteiger partial charge on any atom is 0.230 e. The van der Waals surface area contributed by atoms with Gasteiger partial charge in [0.2, 0.25) is 11.7 Å². The predicted molar refractivity (Wildman–Crippen MR) is 78.6 cm³/mol. The van der Waals surface area contributed by atoms with Crippen molar-refractivity contribution in [3.05, 3.63) is 41.3 Å². The summed E-state index contributed by atoms with van der Waals surface area (Å²) >= 11 is 0. The Labute approximate surface area is 127 Å². The smallest absolute Gasteiger partial charge is 0.230 e. The summed E-state index contributed by atoms with van der Waals surface area (Å²) in [7, 11) is 0. The molecule has 0 atom stereocenters. The van der Waals surface area contributed by atoms with Crippen molar-refractivity contribution in [3.8, 4) is 11.5 Å². The lowest BCUT2D eigenvalue weighted by atomic mass is 10.0. The van der Waals surface area contributed by atoms with Crippen molar-refractivity contribution < 1.29 is 23.5 Å². The fourth-order valence-electron chi connectivity index (χ4n) is 2.26. The lowest BCUT2D eigenvalue weighted by molar-refractivity contribution is -0.114. The van der Waals surface area contributed by atoms with E-state index in [0.717, 1.165) is 0 Å². The van der Waals surface area contributed by atoms with Gasteiger partial charge in [0.1, 0.15) is 19.0 Å². The van der Waals surface area contributed by atoms with E-state index in [4.69, 9.17) is 13.9 Å². The second-order valence-electron chi connectivity index (χ2n) is 4.96. The zero-order valence-corrected chi connectivity index (χ0v) is 12.3. The Morgan fingerprint density at radius 1 is 1.09 bits per heavy atom. The summed E-state index contributed by atoms with van der Waals surface area (Å²) in [6.07, 6.45) is 0. The van der Waals surface area contributed by atoms with E-state index in [-0.39, 0.29) is 17.5 Å². The molecule has 1 aliphatic heterocycles. The van der Waals surface area contributed by atoms with E-state index in [0.29, 0.717) is 41.7 Å². The molecular formula is C16H15NO5. The highest BCUT2D eigenvalue weighted by Crippen LogP contribution is 2.36. The molecule has 2 heterocycles. The molecule has 0 fully saturated rings. The van der Waals surface area contributed by atoms with Crippen molar-refractivity contribution in [2.75, 3.05) is 18.5 Å². The molecule has 1 amide bonds. The maximum absolute atomic E-state index is 12.6. The summed E-state index contributed by atoms with van der Waals surface area (Å²) < 4.78 is 16.3. The summed E-state index contributed by atoms with van der Waals surface area (Å²) in [5.74, 6) is 1.23. The van der Waals surface area contributed by atoms with E-state index in [9.17, 15) is 9.59 Å². The summed E-state index contributed by atoms with van der Waals surface area (Å²) in [4.78, 5) is 24.0. The van der Waals surface area contributed by atoms with E-state index in [2.05, 4.69) is 5.32 Å². The van der Waals surface area contributed by atoms with Crippen molar-refractivity contribution in [2.45, 2.75) is 13.8 Å². The molecule has 0 bridgehead atoms. The molecule has 2 aromatic rings. The van der Waals surface area contributed by atoms with Gasteiger partial charge >= 0.3 is 0 Å². The third-order valence-electron chi connectivity index (χ3n) is 3.20. The number of ketones is 1. The minimum atomic E-state index is -0.325. The highest BCUT2D eigenvalue weighted by molar-refractivity contribution is 6.12. The van der Waals surface area contributed by atoms with Crippen molar-refractivity contribution in [1.29, 1.82) is 0 Å². The molecule has 22 heavy (non-hydrogen) atoms. The van der Waals surface area contributed by atoms with Gasteiger partial charge in [-0.25, -0.2) is 0 Å².